The van der Waals surface area contributed by atoms with Crippen LogP contribution in [0.15, 0.2) is 11.8 Å². The minimum atomic E-state index is -0.578. The predicted molar refractivity (Wildman–Crippen MR) is 47.7 cm³/mol. The number of hydrogen-bond acceptors (Lipinski definition) is 4. The molecule has 0 aromatic heterocycles. The molecular weight excluding hydrogens is 172 g/mol. The number of rotatable bonds is 6. The third-order valence-corrected chi connectivity index (χ3v) is 1.14. The predicted octanol–water partition coefficient (Wildman–Crippen LogP) is 1.81. The second-order valence-electron chi connectivity index (χ2n) is 2.19. The second-order valence-corrected chi connectivity index (χ2v) is 2.19. The highest BCUT2D eigenvalue weighted by Crippen LogP contribution is 2.02. The van der Waals surface area contributed by atoms with Crippen LogP contribution in [-0.4, -0.2) is 19.2 Å². The van der Waals surface area contributed by atoms with Crippen molar-refractivity contribution in [1.82, 2.24) is 0 Å². The number of hydrogen-bond donors (Lipinski definition) is 0. The molecule has 0 bridgehead atoms. The van der Waals surface area contributed by atoms with Gasteiger partial charge in [0.1, 0.15) is 0 Å². The van der Waals surface area contributed by atoms with Gasteiger partial charge in [0, 0.05) is 0 Å². The van der Waals surface area contributed by atoms with Crippen LogP contribution >= 0.6 is 0 Å². The van der Waals surface area contributed by atoms with Crippen molar-refractivity contribution in [1.29, 1.82) is 0 Å². The van der Waals surface area contributed by atoms with E-state index in [1.807, 2.05) is 6.92 Å². The number of allylic oxidation sites excluding steroid dienone is 1. The zero-order chi connectivity index (χ0) is 10.1. The first-order valence-corrected chi connectivity index (χ1v) is 4.42. The average molecular weight is 188 g/mol. The topological polar surface area (TPSA) is 44.8 Å². The maximum absolute atomic E-state index is 11.1. The van der Waals surface area contributed by atoms with Gasteiger partial charge < -0.3 is 4.74 Å². The van der Waals surface area contributed by atoms with Crippen LogP contribution in [0.3, 0.4) is 0 Å². The third-order valence-electron chi connectivity index (χ3n) is 1.14. The molecular formula is C9H16O4. The maximum atomic E-state index is 11.1. The molecule has 0 spiro atoms. The molecule has 0 aromatic carbocycles. The summed E-state index contributed by atoms with van der Waals surface area (Å²) in [5.41, 5.74) is 0. The van der Waals surface area contributed by atoms with Gasteiger partial charge in [0.2, 0.25) is 5.76 Å². The lowest BCUT2D eigenvalue weighted by atomic mass is 10.4. The Kier molecular flexibility index (Phi) is 7.01. The minimum absolute atomic E-state index is 0.207. The SMILES string of the molecule is CC/C=C(\OCC)C(=O)OOCC. The summed E-state index contributed by atoms with van der Waals surface area (Å²) in [5.74, 6) is -0.371. The fourth-order valence-electron chi connectivity index (χ4n) is 0.696. The largest absolute Gasteiger partial charge is 0.487 e. The first-order valence-electron chi connectivity index (χ1n) is 4.42. The molecule has 0 saturated carbocycles. The first kappa shape index (κ1) is 12.0. The highest BCUT2D eigenvalue weighted by Gasteiger charge is 2.12. The fourth-order valence-corrected chi connectivity index (χ4v) is 0.696. The van der Waals surface area contributed by atoms with Crippen molar-refractivity contribution in [2.75, 3.05) is 13.2 Å². The smallest absolute Gasteiger partial charge is 0.406 e. The summed E-state index contributed by atoms with van der Waals surface area (Å²) in [6.45, 7) is 6.21. The Morgan fingerprint density at radius 1 is 1.23 bits per heavy atom. The van der Waals surface area contributed by atoms with E-state index in [4.69, 9.17) is 4.74 Å². The molecule has 0 atom stereocenters. The van der Waals surface area contributed by atoms with E-state index in [9.17, 15) is 4.79 Å². The highest BCUT2D eigenvalue weighted by atomic mass is 17.2. The van der Waals surface area contributed by atoms with E-state index in [-0.39, 0.29) is 5.76 Å². The van der Waals surface area contributed by atoms with Gasteiger partial charge in [0.25, 0.3) is 0 Å². The van der Waals surface area contributed by atoms with Gasteiger partial charge in [-0.25, -0.2) is 4.79 Å². The molecule has 0 fully saturated rings. The molecule has 0 N–H and O–H groups in total. The van der Waals surface area contributed by atoms with Crippen molar-refractivity contribution < 1.29 is 19.3 Å². The number of carbonyl (C=O) groups excluding carboxylic acids is 1. The van der Waals surface area contributed by atoms with Gasteiger partial charge in [-0.15, -0.1) is 0 Å². The van der Waals surface area contributed by atoms with Gasteiger partial charge in [-0.2, -0.15) is 4.89 Å². The van der Waals surface area contributed by atoms with Crippen LogP contribution in [0.25, 0.3) is 0 Å². The lowest BCUT2D eigenvalue weighted by molar-refractivity contribution is -0.268. The number of carbonyl (C=O) groups is 1. The molecule has 0 radical (unpaired) electrons. The van der Waals surface area contributed by atoms with E-state index in [0.717, 1.165) is 6.42 Å². The zero-order valence-electron chi connectivity index (χ0n) is 8.33. The van der Waals surface area contributed by atoms with E-state index in [2.05, 4.69) is 9.78 Å². The van der Waals surface area contributed by atoms with Crippen LogP contribution in [0.4, 0.5) is 0 Å². The van der Waals surface area contributed by atoms with Gasteiger partial charge in [-0.05, 0) is 26.3 Å². The lowest BCUT2D eigenvalue weighted by Crippen LogP contribution is -2.11. The van der Waals surface area contributed by atoms with E-state index < -0.39 is 5.97 Å². The molecule has 0 saturated heterocycles. The summed E-state index contributed by atoms with van der Waals surface area (Å²) in [4.78, 5) is 20.1. The summed E-state index contributed by atoms with van der Waals surface area (Å²) in [6.07, 6.45) is 2.38. The molecule has 4 heteroatoms. The van der Waals surface area contributed by atoms with Crippen LogP contribution in [-0.2, 0) is 19.3 Å². The second kappa shape index (κ2) is 7.61. The van der Waals surface area contributed by atoms with Gasteiger partial charge in [-0.1, -0.05) is 6.92 Å². The summed E-state index contributed by atoms with van der Waals surface area (Å²) < 4.78 is 5.05. The van der Waals surface area contributed by atoms with Crippen LogP contribution in [0.5, 0.6) is 0 Å². The molecule has 4 nitrogen and oxygen atoms in total. The Hall–Kier alpha value is -1.03. The molecule has 0 amide bonds. The molecule has 0 unspecified atom stereocenters. The van der Waals surface area contributed by atoms with Crippen LogP contribution in [0.2, 0.25) is 0 Å². The van der Waals surface area contributed by atoms with Crippen molar-refractivity contribution in [2.24, 2.45) is 0 Å². The molecule has 76 valence electrons. The first-order chi connectivity index (χ1) is 6.26. The van der Waals surface area contributed by atoms with Crippen molar-refractivity contribution in [3.05, 3.63) is 11.8 Å². The summed E-state index contributed by atoms with van der Waals surface area (Å²) in [6, 6.07) is 0. The highest BCUT2D eigenvalue weighted by molar-refractivity contribution is 5.85. The van der Waals surface area contributed by atoms with Crippen LogP contribution in [0, 0.1) is 0 Å². The van der Waals surface area contributed by atoms with E-state index in [1.165, 1.54) is 0 Å². The zero-order valence-corrected chi connectivity index (χ0v) is 8.33. The van der Waals surface area contributed by atoms with Crippen molar-refractivity contribution in [3.8, 4) is 0 Å². The maximum Gasteiger partial charge on any atom is 0.406 e. The van der Waals surface area contributed by atoms with E-state index in [1.54, 1.807) is 19.9 Å². The summed E-state index contributed by atoms with van der Waals surface area (Å²) in [7, 11) is 0. The Bertz CT molecular complexity index is 174. The third kappa shape index (κ3) is 5.25. The van der Waals surface area contributed by atoms with Gasteiger partial charge in [-0.3, -0.25) is 4.89 Å². The average Bonchev–Trinajstić information content (AvgIpc) is 2.14. The molecule has 0 heterocycles. The van der Waals surface area contributed by atoms with Crippen molar-refractivity contribution in [2.45, 2.75) is 27.2 Å². The lowest BCUT2D eigenvalue weighted by Gasteiger charge is -2.06. The Labute approximate surface area is 78.4 Å². The summed E-state index contributed by atoms with van der Waals surface area (Å²) in [5, 5.41) is 0. The summed E-state index contributed by atoms with van der Waals surface area (Å²) >= 11 is 0. The van der Waals surface area contributed by atoms with Crippen molar-refractivity contribution in [3.63, 3.8) is 0 Å². The molecule has 0 aromatic rings. The molecule has 0 aliphatic carbocycles. The fraction of sp³-hybridized carbons (Fsp3) is 0.667. The monoisotopic (exact) mass is 188 g/mol. The standard InChI is InChI=1S/C9H16O4/c1-4-7-8(11-5-2)9(10)13-12-6-3/h7H,4-6H2,1-3H3/b8-7-. The molecule has 0 aliphatic heterocycles. The van der Waals surface area contributed by atoms with Gasteiger partial charge in [0.15, 0.2) is 0 Å². The van der Waals surface area contributed by atoms with Gasteiger partial charge in [0.05, 0.1) is 13.2 Å². The van der Waals surface area contributed by atoms with Gasteiger partial charge >= 0.3 is 5.97 Å². The van der Waals surface area contributed by atoms with Crippen LogP contribution < -0.4 is 0 Å². The Morgan fingerprint density at radius 3 is 2.38 bits per heavy atom. The Balaban J connectivity index is 4.04. The normalized spacial score (nSPS) is 11.2. The van der Waals surface area contributed by atoms with Crippen molar-refractivity contribution >= 4 is 5.97 Å². The quantitative estimate of drug-likeness (QED) is 0.276. The van der Waals surface area contributed by atoms with E-state index in [0.29, 0.717) is 13.2 Å². The molecule has 0 aliphatic rings. The number of ether oxygens (including phenoxy) is 1. The van der Waals surface area contributed by atoms with Crippen LogP contribution in [0.1, 0.15) is 27.2 Å². The molecule has 0 rings (SSSR count). The Morgan fingerprint density at radius 2 is 1.92 bits per heavy atom. The molecule has 13 heavy (non-hydrogen) atoms. The van der Waals surface area contributed by atoms with E-state index >= 15 is 0 Å². The minimum Gasteiger partial charge on any atom is -0.487 e.